The maximum atomic E-state index is 2.79. The first kappa shape index (κ1) is 32.3. The third-order valence-corrected chi connectivity index (χ3v) is 11.8. The summed E-state index contributed by atoms with van der Waals surface area (Å²) in [4.78, 5) is 0. The molecule has 3 fully saturated rings. The lowest BCUT2D eigenvalue weighted by Gasteiger charge is -2.46. The largest absolute Gasteiger partial charge is 0.0825 e. The quantitative estimate of drug-likeness (QED) is 0.116. The first-order chi connectivity index (χ1) is 18.6. The van der Waals surface area contributed by atoms with Crippen LogP contribution in [0.15, 0.2) is 11.6 Å². The van der Waals surface area contributed by atoms with Gasteiger partial charge in [0.25, 0.3) is 0 Å². The van der Waals surface area contributed by atoms with Gasteiger partial charge in [0.1, 0.15) is 0 Å². The Morgan fingerprint density at radius 2 is 1.11 bits per heavy atom. The highest BCUT2D eigenvalue weighted by Crippen LogP contribution is 2.68. The van der Waals surface area contributed by atoms with Crippen LogP contribution in [-0.2, 0) is 0 Å². The van der Waals surface area contributed by atoms with Gasteiger partial charge in [-0.2, -0.15) is 0 Å². The van der Waals surface area contributed by atoms with Crippen molar-refractivity contribution in [2.45, 2.75) is 189 Å². The molecule has 3 rings (SSSR count). The van der Waals surface area contributed by atoms with Crippen molar-refractivity contribution in [2.24, 2.45) is 40.9 Å². The zero-order valence-electron chi connectivity index (χ0n) is 27.0. The molecule has 0 saturated heterocycles. The van der Waals surface area contributed by atoms with E-state index >= 15 is 0 Å². The molecule has 0 aromatic rings. The predicted octanol–water partition coefficient (Wildman–Crippen LogP) is 13.1. The molecule has 222 valence electrons. The van der Waals surface area contributed by atoms with E-state index in [2.05, 4.69) is 40.7 Å². The predicted molar refractivity (Wildman–Crippen MR) is 171 cm³/mol. The molecular formula is C38H70. The summed E-state index contributed by atoms with van der Waals surface area (Å²) in [5.41, 5.74) is 2.39. The van der Waals surface area contributed by atoms with Gasteiger partial charge in [-0.15, -0.1) is 0 Å². The van der Waals surface area contributed by atoms with Crippen molar-refractivity contribution in [1.82, 2.24) is 0 Å². The second-order valence-electron chi connectivity index (χ2n) is 14.8. The van der Waals surface area contributed by atoms with E-state index in [-0.39, 0.29) is 0 Å². The molecule has 0 bridgehead atoms. The lowest BCUT2D eigenvalue weighted by atomic mass is 9.59. The Morgan fingerprint density at radius 1 is 0.605 bits per heavy atom. The molecule has 0 aliphatic heterocycles. The summed E-state index contributed by atoms with van der Waals surface area (Å²) in [5, 5.41) is 0. The number of hydrogen-bond donors (Lipinski definition) is 0. The van der Waals surface area contributed by atoms with Crippen LogP contribution in [0.25, 0.3) is 0 Å². The van der Waals surface area contributed by atoms with Crippen LogP contribution < -0.4 is 0 Å². The van der Waals surface area contributed by atoms with Crippen LogP contribution in [0.1, 0.15) is 189 Å². The van der Waals surface area contributed by atoms with Gasteiger partial charge in [0.05, 0.1) is 0 Å². The monoisotopic (exact) mass is 527 g/mol. The van der Waals surface area contributed by atoms with Gasteiger partial charge in [-0.05, 0) is 106 Å². The second-order valence-corrected chi connectivity index (χ2v) is 14.8. The molecule has 0 aromatic heterocycles. The molecule has 0 radical (unpaired) electrons. The molecule has 0 aromatic carbocycles. The second kappa shape index (κ2) is 17.5. The van der Waals surface area contributed by atoms with E-state index in [4.69, 9.17) is 0 Å². The van der Waals surface area contributed by atoms with Crippen LogP contribution in [0, 0.1) is 40.9 Å². The van der Waals surface area contributed by atoms with E-state index in [1.54, 1.807) is 44.1 Å². The van der Waals surface area contributed by atoms with Crippen LogP contribution in [0.4, 0.5) is 0 Å². The molecule has 0 heteroatoms. The highest BCUT2D eigenvalue weighted by atomic mass is 14.6. The molecule has 6 atom stereocenters. The fraction of sp³-hybridized carbons (Fsp3) is 0.947. The van der Waals surface area contributed by atoms with Crippen LogP contribution in [0.2, 0.25) is 0 Å². The summed E-state index contributed by atoms with van der Waals surface area (Å²) >= 11 is 0. The first-order valence-corrected chi connectivity index (χ1v) is 18.2. The number of unbranched alkanes of at least 4 members (excludes halogenated alkanes) is 12. The Bertz CT molecular complexity index is 626. The van der Waals surface area contributed by atoms with Gasteiger partial charge in [0, 0.05) is 0 Å². The van der Waals surface area contributed by atoms with Crippen molar-refractivity contribution in [1.29, 1.82) is 0 Å². The molecule has 0 heterocycles. The highest BCUT2D eigenvalue weighted by Gasteiger charge is 2.60. The maximum absolute atomic E-state index is 2.79. The van der Waals surface area contributed by atoms with E-state index < -0.39 is 0 Å². The van der Waals surface area contributed by atoms with Crippen molar-refractivity contribution < 1.29 is 0 Å². The Morgan fingerprint density at radius 3 is 1.71 bits per heavy atom. The lowest BCUT2D eigenvalue weighted by Crippen LogP contribution is -2.38. The fourth-order valence-corrected chi connectivity index (χ4v) is 9.88. The summed E-state index contributed by atoms with van der Waals surface area (Å²) in [6, 6.07) is 0. The molecule has 0 amide bonds. The Hall–Kier alpha value is -0.260. The van der Waals surface area contributed by atoms with Crippen LogP contribution >= 0.6 is 0 Å². The molecule has 3 aliphatic carbocycles. The molecule has 0 nitrogen and oxygen atoms in total. The minimum Gasteiger partial charge on any atom is -0.0825 e. The van der Waals surface area contributed by atoms with Gasteiger partial charge in [0.2, 0.25) is 0 Å². The molecule has 0 spiro atoms. The van der Waals surface area contributed by atoms with E-state index in [1.807, 2.05) is 0 Å². The van der Waals surface area contributed by atoms with E-state index in [0.29, 0.717) is 5.41 Å². The topological polar surface area (TPSA) is 0 Å². The number of allylic oxidation sites excluding steroid dienone is 2. The highest BCUT2D eigenvalue weighted by molar-refractivity contribution is 5.12. The van der Waals surface area contributed by atoms with E-state index in [0.717, 1.165) is 35.5 Å². The maximum Gasteiger partial charge on any atom is -0.0228 e. The molecule has 6 unspecified atom stereocenters. The van der Waals surface area contributed by atoms with Gasteiger partial charge < -0.3 is 0 Å². The van der Waals surface area contributed by atoms with Crippen LogP contribution in [0.3, 0.4) is 0 Å². The minimum atomic E-state index is 0.683. The molecule has 3 aliphatic rings. The van der Waals surface area contributed by atoms with Gasteiger partial charge in [-0.3, -0.25) is 0 Å². The summed E-state index contributed by atoms with van der Waals surface area (Å²) in [6.07, 6.45) is 38.3. The normalized spacial score (nSPS) is 30.8. The van der Waals surface area contributed by atoms with Gasteiger partial charge in [0.15, 0.2) is 0 Å². The Kier molecular flexibility index (Phi) is 14.9. The average molecular weight is 527 g/mol. The molecule has 38 heavy (non-hydrogen) atoms. The lowest BCUT2D eigenvalue weighted by molar-refractivity contribution is 0.0363. The summed E-state index contributed by atoms with van der Waals surface area (Å²) in [7, 11) is 0. The van der Waals surface area contributed by atoms with E-state index in [9.17, 15) is 0 Å². The number of fused-ring (bicyclic) bond motifs is 3. The molecule has 0 N–H and O–H groups in total. The summed E-state index contributed by atoms with van der Waals surface area (Å²) in [6.45, 7) is 12.1. The first-order valence-electron chi connectivity index (χ1n) is 18.2. The molecular weight excluding hydrogens is 456 g/mol. The van der Waals surface area contributed by atoms with Crippen molar-refractivity contribution in [3.05, 3.63) is 11.6 Å². The summed E-state index contributed by atoms with van der Waals surface area (Å²) < 4.78 is 0. The fourth-order valence-electron chi connectivity index (χ4n) is 9.88. The Labute approximate surface area is 241 Å². The Balaban J connectivity index is 1.76. The molecule has 3 saturated carbocycles. The van der Waals surface area contributed by atoms with Gasteiger partial charge in [-0.1, -0.05) is 136 Å². The number of hydrogen-bond acceptors (Lipinski definition) is 0. The van der Waals surface area contributed by atoms with E-state index in [1.165, 1.54) is 116 Å². The smallest absolute Gasteiger partial charge is 0.0228 e. The SMILES string of the molecule is CCCCCCCCC1(CCCCCCCC)C2CC(C)CCC2C2CCC(C=C(C)CCCCC)CC21. The number of rotatable bonds is 19. The van der Waals surface area contributed by atoms with Crippen LogP contribution in [-0.4, -0.2) is 0 Å². The van der Waals surface area contributed by atoms with Crippen molar-refractivity contribution in [3.63, 3.8) is 0 Å². The van der Waals surface area contributed by atoms with Gasteiger partial charge in [-0.25, -0.2) is 0 Å². The minimum absolute atomic E-state index is 0.683. The van der Waals surface area contributed by atoms with Gasteiger partial charge >= 0.3 is 0 Å². The zero-order chi connectivity index (χ0) is 27.2. The standard InChI is InChI=1S/C38H70/c1-6-9-12-14-16-19-26-38(27-20-17-15-13-10-7-2)36-29-32(5)22-24-34(36)35-25-23-33(30-37(35)38)28-31(4)21-18-11-8-3/h28,32-37H,6-27,29-30H2,1-5H3. The third-order valence-electron chi connectivity index (χ3n) is 11.8. The van der Waals surface area contributed by atoms with Crippen molar-refractivity contribution in [3.8, 4) is 0 Å². The third kappa shape index (κ3) is 9.13. The van der Waals surface area contributed by atoms with Crippen molar-refractivity contribution >= 4 is 0 Å². The van der Waals surface area contributed by atoms with Crippen molar-refractivity contribution in [2.75, 3.05) is 0 Å². The summed E-state index contributed by atoms with van der Waals surface area (Å²) in [5.74, 6) is 6.09. The average Bonchev–Trinajstić information content (AvgIpc) is 3.16. The zero-order valence-corrected chi connectivity index (χ0v) is 27.0. The van der Waals surface area contributed by atoms with Crippen LogP contribution in [0.5, 0.6) is 0 Å².